The van der Waals surface area contributed by atoms with Crippen LogP contribution >= 0.6 is 11.6 Å². The molecule has 6 heteroatoms. The first-order chi connectivity index (χ1) is 11.5. The Hall–Kier alpha value is -2.84. The number of halogens is 1. The number of ether oxygens (including phenoxy) is 1. The van der Waals surface area contributed by atoms with Crippen LogP contribution in [-0.4, -0.2) is 18.3 Å². The number of hydrogen-bond donors (Lipinski definition) is 1. The molecule has 0 fully saturated rings. The summed E-state index contributed by atoms with van der Waals surface area (Å²) in [7, 11) is 0. The van der Waals surface area contributed by atoms with Crippen molar-refractivity contribution in [1.82, 2.24) is 0 Å². The lowest BCUT2D eigenvalue weighted by atomic mass is 10.1. The van der Waals surface area contributed by atoms with E-state index in [1.165, 1.54) is 6.07 Å². The number of nitrogens with one attached hydrogen (secondary N) is 1. The minimum absolute atomic E-state index is 0.0899. The molecule has 24 heavy (non-hydrogen) atoms. The molecule has 5 nitrogen and oxygen atoms in total. The third kappa shape index (κ3) is 4.58. The predicted molar refractivity (Wildman–Crippen MR) is 91.4 cm³/mol. The molecule has 0 bridgehead atoms. The first-order valence-corrected chi connectivity index (χ1v) is 7.67. The van der Waals surface area contributed by atoms with Gasteiger partial charge in [-0.2, -0.15) is 5.26 Å². The van der Waals surface area contributed by atoms with Crippen LogP contribution in [0.5, 0.6) is 5.75 Å². The van der Waals surface area contributed by atoms with Gasteiger partial charge in [-0.15, -0.1) is 0 Å². The van der Waals surface area contributed by atoms with E-state index in [0.717, 1.165) is 0 Å². The summed E-state index contributed by atoms with van der Waals surface area (Å²) in [6.07, 6.45) is 0.389. The van der Waals surface area contributed by atoms with Crippen LogP contribution in [0.15, 0.2) is 42.5 Å². The van der Waals surface area contributed by atoms with E-state index in [4.69, 9.17) is 21.6 Å². The quantitative estimate of drug-likeness (QED) is 0.809. The second-order valence-corrected chi connectivity index (χ2v) is 5.36. The van der Waals surface area contributed by atoms with Gasteiger partial charge >= 0.3 is 0 Å². The number of Topliss-reactive ketones (excluding diaryl/α,β-unsaturated/α-hetero) is 1. The third-order valence-corrected chi connectivity index (χ3v) is 3.53. The van der Waals surface area contributed by atoms with Crippen molar-refractivity contribution in [2.45, 2.75) is 13.3 Å². The molecule has 2 aromatic carbocycles. The smallest absolute Gasteiger partial charge is 0.224 e. The van der Waals surface area contributed by atoms with E-state index < -0.39 is 0 Å². The Morgan fingerprint density at radius 3 is 2.50 bits per heavy atom. The topological polar surface area (TPSA) is 79.2 Å². The van der Waals surface area contributed by atoms with Crippen molar-refractivity contribution >= 4 is 29.0 Å². The Labute approximate surface area is 144 Å². The van der Waals surface area contributed by atoms with Gasteiger partial charge in [0.05, 0.1) is 16.7 Å². The van der Waals surface area contributed by atoms with Crippen LogP contribution < -0.4 is 10.1 Å². The molecule has 122 valence electrons. The van der Waals surface area contributed by atoms with Crippen LogP contribution in [0.1, 0.15) is 29.3 Å². The van der Waals surface area contributed by atoms with Crippen molar-refractivity contribution in [2.24, 2.45) is 0 Å². The average Bonchev–Trinajstić information content (AvgIpc) is 2.60. The van der Waals surface area contributed by atoms with Crippen molar-refractivity contribution in [3.05, 3.63) is 58.6 Å². The van der Waals surface area contributed by atoms with E-state index in [-0.39, 0.29) is 23.3 Å². The van der Waals surface area contributed by atoms with Crippen LogP contribution in [-0.2, 0) is 4.79 Å². The number of anilines is 1. The van der Waals surface area contributed by atoms with Crippen LogP contribution in [0.25, 0.3) is 0 Å². The Morgan fingerprint density at radius 2 is 1.92 bits per heavy atom. The molecular formula is C18H15ClN2O3. The monoisotopic (exact) mass is 342 g/mol. The molecule has 0 aromatic heterocycles. The number of nitriles is 1. The zero-order chi connectivity index (χ0) is 17.5. The lowest BCUT2D eigenvalue weighted by Gasteiger charge is -2.08. The summed E-state index contributed by atoms with van der Waals surface area (Å²) in [4.78, 5) is 23.4. The van der Waals surface area contributed by atoms with Gasteiger partial charge in [-0.3, -0.25) is 9.59 Å². The average molecular weight is 343 g/mol. The molecule has 0 unspecified atom stereocenters. The maximum atomic E-state index is 12.1. The lowest BCUT2D eigenvalue weighted by molar-refractivity contribution is -0.115. The van der Waals surface area contributed by atoms with Gasteiger partial charge in [-0.25, -0.2) is 0 Å². The standard InChI is InChI=1S/C18H15ClN2O3/c1-2-18(23)21-14-6-4-13(5-7-14)16(22)11-24-17-8-3-12(10-20)9-15(17)19/h3-9H,2,11H2,1H3,(H,21,23). The first-order valence-electron chi connectivity index (χ1n) is 7.29. The Bertz CT molecular complexity index is 795. The SMILES string of the molecule is CCC(=O)Nc1ccc(C(=O)COc2ccc(C#N)cc2Cl)cc1. The van der Waals surface area contributed by atoms with E-state index in [9.17, 15) is 9.59 Å². The summed E-state index contributed by atoms with van der Waals surface area (Å²) in [6.45, 7) is 1.59. The number of nitrogens with zero attached hydrogens (tertiary/aromatic N) is 1. The number of hydrogen-bond acceptors (Lipinski definition) is 4. The summed E-state index contributed by atoms with van der Waals surface area (Å²) >= 11 is 5.99. The van der Waals surface area contributed by atoms with Gasteiger partial charge in [0, 0.05) is 17.7 Å². The predicted octanol–water partition coefficient (Wildman–Crippen LogP) is 3.82. The van der Waals surface area contributed by atoms with Crippen LogP contribution in [0.3, 0.4) is 0 Å². The highest BCUT2D eigenvalue weighted by Gasteiger charge is 2.10. The molecule has 0 aliphatic heterocycles. The molecular weight excluding hydrogens is 328 g/mol. The van der Waals surface area contributed by atoms with Crippen molar-refractivity contribution in [3.63, 3.8) is 0 Å². The molecule has 0 atom stereocenters. The maximum Gasteiger partial charge on any atom is 0.224 e. The van der Waals surface area contributed by atoms with E-state index in [2.05, 4.69) is 5.32 Å². The zero-order valence-corrected chi connectivity index (χ0v) is 13.8. The third-order valence-electron chi connectivity index (χ3n) is 3.23. The number of carbonyl (C=O) groups excluding carboxylic acids is 2. The highest BCUT2D eigenvalue weighted by Crippen LogP contribution is 2.25. The van der Waals surface area contributed by atoms with Crippen LogP contribution in [0.2, 0.25) is 5.02 Å². The molecule has 0 saturated carbocycles. The van der Waals surface area contributed by atoms with Crippen molar-refractivity contribution in [2.75, 3.05) is 11.9 Å². The molecule has 0 heterocycles. The summed E-state index contributed by atoms with van der Waals surface area (Å²) in [6, 6.07) is 13.1. The van der Waals surface area contributed by atoms with E-state index in [1.54, 1.807) is 43.3 Å². The van der Waals surface area contributed by atoms with Gasteiger partial charge in [0.15, 0.2) is 12.4 Å². The minimum atomic E-state index is -0.219. The highest BCUT2D eigenvalue weighted by atomic mass is 35.5. The molecule has 1 N–H and O–H groups in total. The fourth-order valence-corrected chi connectivity index (χ4v) is 2.14. The summed E-state index contributed by atoms with van der Waals surface area (Å²) < 4.78 is 5.40. The first kappa shape index (κ1) is 17.5. The Morgan fingerprint density at radius 1 is 1.21 bits per heavy atom. The number of amides is 1. The lowest BCUT2D eigenvalue weighted by Crippen LogP contribution is -2.12. The second kappa shape index (κ2) is 8.14. The van der Waals surface area contributed by atoms with Gasteiger partial charge in [-0.05, 0) is 42.5 Å². The largest absolute Gasteiger partial charge is 0.484 e. The summed E-state index contributed by atoms with van der Waals surface area (Å²) in [5.41, 5.74) is 1.52. The molecule has 0 radical (unpaired) electrons. The van der Waals surface area contributed by atoms with Crippen LogP contribution in [0.4, 0.5) is 5.69 Å². The fourth-order valence-electron chi connectivity index (χ4n) is 1.90. The van der Waals surface area contributed by atoms with E-state index in [1.807, 2.05) is 6.07 Å². The maximum absolute atomic E-state index is 12.1. The van der Waals surface area contributed by atoms with Gasteiger partial charge in [0.2, 0.25) is 5.91 Å². The summed E-state index contributed by atoms with van der Waals surface area (Å²) in [5, 5.41) is 11.8. The Kier molecular flexibility index (Phi) is 5.94. The number of ketones is 1. The van der Waals surface area contributed by atoms with Crippen molar-refractivity contribution in [3.8, 4) is 11.8 Å². The number of rotatable bonds is 6. The fraction of sp³-hybridized carbons (Fsp3) is 0.167. The van der Waals surface area contributed by atoms with Gasteiger partial charge in [-0.1, -0.05) is 18.5 Å². The molecule has 1 amide bonds. The minimum Gasteiger partial charge on any atom is -0.484 e. The number of benzene rings is 2. The van der Waals surface area contributed by atoms with Gasteiger partial charge < -0.3 is 10.1 Å². The zero-order valence-electron chi connectivity index (χ0n) is 13.0. The van der Waals surface area contributed by atoms with Gasteiger partial charge in [0.25, 0.3) is 0 Å². The van der Waals surface area contributed by atoms with Crippen LogP contribution in [0, 0.1) is 11.3 Å². The van der Waals surface area contributed by atoms with Gasteiger partial charge in [0.1, 0.15) is 5.75 Å². The molecule has 0 saturated heterocycles. The molecule has 0 aliphatic carbocycles. The van der Waals surface area contributed by atoms with E-state index >= 15 is 0 Å². The normalized spacial score (nSPS) is 9.88. The highest BCUT2D eigenvalue weighted by molar-refractivity contribution is 6.32. The van der Waals surface area contributed by atoms with E-state index in [0.29, 0.717) is 29.0 Å². The second-order valence-electron chi connectivity index (χ2n) is 4.95. The molecule has 0 spiro atoms. The van der Waals surface area contributed by atoms with Crippen molar-refractivity contribution in [1.29, 1.82) is 5.26 Å². The number of carbonyl (C=O) groups is 2. The molecule has 2 rings (SSSR count). The summed E-state index contributed by atoms with van der Waals surface area (Å²) in [5.74, 6) is 0.0347. The molecule has 0 aliphatic rings. The Balaban J connectivity index is 1.97. The molecule has 2 aromatic rings. The van der Waals surface area contributed by atoms with Crippen molar-refractivity contribution < 1.29 is 14.3 Å².